The zero-order valence-electron chi connectivity index (χ0n) is 11.9. The molecule has 0 bridgehead atoms. The third-order valence-electron chi connectivity index (χ3n) is 3.50. The maximum Gasteiger partial charge on any atom is 0.334 e. The predicted octanol–water partition coefficient (Wildman–Crippen LogP) is 2.49. The number of rotatable bonds is 5. The summed E-state index contributed by atoms with van der Waals surface area (Å²) in [5, 5.41) is 9.80. The molecule has 1 unspecified atom stereocenters. The van der Waals surface area contributed by atoms with Crippen LogP contribution in [0.25, 0.3) is 0 Å². The standard InChI is InChI=1S/C15H21NO3/c1-5-16(12(4)17)15(11(2)3,14(18)19)13-9-7-6-8-10-13/h6-11H,5H2,1-4H3,(H,18,19). The Morgan fingerprint density at radius 3 is 2.11 bits per heavy atom. The van der Waals surface area contributed by atoms with Crippen LogP contribution in [-0.2, 0) is 15.1 Å². The molecule has 0 aliphatic heterocycles. The predicted molar refractivity (Wildman–Crippen MR) is 73.7 cm³/mol. The van der Waals surface area contributed by atoms with Crippen LogP contribution in [0.15, 0.2) is 30.3 Å². The summed E-state index contributed by atoms with van der Waals surface area (Å²) in [7, 11) is 0. The minimum atomic E-state index is -1.32. The van der Waals surface area contributed by atoms with Crippen LogP contribution >= 0.6 is 0 Å². The van der Waals surface area contributed by atoms with Crippen molar-refractivity contribution in [2.45, 2.75) is 33.2 Å². The molecule has 0 spiro atoms. The van der Waals surface area contributed by atoms with Gasteiger partial charge >= 0.3 is 5.97 Å². The third-order valence-corrected chi connectivity index (χ3v) is 3.50. The molecule has 0 aliphatic carbocycles. The zero-order valence-corrected chi connectivity index (χ0v) is 11.9. The van der Waals surface area contributed by atoms with Crippen molar-refractivity contribution in [1.82, 2.24) is 4.90 Å². The second kappa shape index (κ2) is 5.87. The summed E-state index contributed by atoms with van der Waals surface area (Å²) in [5.74, 6) is -1.47. The van der Waals surface area contributed by atoms with E-state index in [1.807, 2.05) is 19.9 Å². The van der Waals surface area contributed by atoms with Crippen molar-refractivity contribution in [3.63, 3.8) is 0 Å². The number of likely N-dealkylation sites (N-methyl/N-ethyl adjacent to an activating group) is 1. The Kier molecular flexibility index (Phi) is 4.70. The topological polar surface area (TPSA) is 57.6 Å². The fourth-order valence-electron chi connectivity index (χ4n) is 2.70. The second-order valence-corrected chi connectivity index (χ2v) is 4.86. The van der Waals surface area contributed by atoms with Crippen LogP contribution in [0, 0.1) is 5.92 Å². The van der Waals surface area contributed by atoms with Gasteiger partial charge in [-0.2, -0.15) is 0 Å². The molecule has 0 heterocycles. The number of amides is 1. The molecule has 1 N–H and O–H groups in total. The number of carbonyl (C=O) groups excluding carboxylic acids is 1. The minimum absolute atomic E-state index is 0.234. The number of carboxylic acids is 1. The summed E-state index contributed by atoms with van der Waals surface area (Å²) in [4.78, 5) is 25.3. The van der Waals surface area contributed by atoms with Crippen LogP contribution in [-0.4, -0.2) is 28.4 Å². The number of hydrogen-bond donors (Lipinski definition) is 1. The largest absolute Gasteiger partial charge is 0.479 e. The molecule has 0 aliphatic rings. The monoisotopic (exact) mass is 263 g/mol. The van der Waals surface area contributed by atoms with Gasteiger partial charge in [0.05, 0.1) is 0 Å². The Labute approximate surface area is 114 Å². The molecule has 4 nitrogen and oxygen atoms in total. The number of aliphatic carboxylic acids is 1. The molecule has 0 radical (unpaired) electrons. The van der Waals surface area contributed by atoms with E-state index in [1.165, 1.54) is 11.8 Å². The lowest BCUT2D eigenvalue weighted by molar-refractivity contribution is -0.163. The first kappa shape index (κ1) is 15.2. The van der Waals surface area contributed by atoms with Gasteiger partial charge in [0, 0.05) is 13.5 Å². The fraction of sp³-hybridized carbons (Fsp3) is 0.467. The van der Waals surface area contributed by atoms with Crippen LogP contribution in [0.2, 0.25) is 0 Å². The fourth-order valence-corrected chi connectivity index (χ4v) is 2.70. The van der Waals surface area contributed by atoms with E-state index in [-0.39, 0.29) is 11.8 Å². The average Bonchev–Trinajstić information content (AvgIpc) is 2.35. The average molecular weight is 263 g/mol. The Morgan fingerprint density at radius 2 is 1.79 bits per heavy atom. The highest BCUT2D eigenvalue weighted by molar-refractivity contribution is 5.87. The molecule has 0 fully saturated rings. The van der Waals surface area contributed by atoms with Crippen LogP contribution in [0.5, 0.6) is 0 Å². The number of benzene rings is 1. The van der Waals surface area contributed by atoms with Gasteiger partial charge in [-0.25, -0.2) is 4.79 Å². The van der Waals surface area contributed by atoms with Crippen molar-refractivity contribution in [3.05, 3.63) is 35.9 Å². The summed E-state index contributed by atoms with van der Waals surface area (Å²) in [6, 6.07) is 8.95. The number of hydrogen-bond acceptors (Lipinski definition) is 2. The van der Waals surface area contributed by atoms with Crippen molar-refractivity contribution in [1.29, 1.82) is 0 Å². The minimum Gasteiger partial charge on any atom is -0.479 e. The van der Waals surface area contributed by atoms with Crippen molar-refractivity contribution in [2.24, 2.45) is 5.92 Å². The molecule has 1 atom stereocenters. The number of nitrogens with zero attached hydrogens (tertiary/aromatic N) is 1. The lowest BCUT2D eigenvalue weighted by Gasteiger charge is -2.43. The third kappa shape index (κ3) is 2.48. The van der Waals surface area contributed by atoms with Gasteiger partial charge in [-0.05, 0) is 18.4 Å². The first-order valence-electron chi connectivity index (χ1n) is 6.46. The van der Waals surface area contributed by atoms with Crippen molar-refractivity contribution in [2.75, 3.05) is 6.54 Å². The van der Waals surface area contributed by atoms with E-state index in [2.05, 4.69) is 0 Å². The molecule has 0 aromatic heterocycles. The lowest BCUT2D eigenvalue weighted by atomic mass is 9.78. The number of carboxylic acid groups (broad SMARTS) is 1. The van der Waals surface area contributed by atoms with Gasteiger partial charge in [0.1, 0.15) is 0 Å². The second-order valence-electron chi connectivity index (χ2n) is 4.86. The summed E-state index contributed by atoms with van der Waals surface area (Å²) in [6.45, 7) is 7.21. The van der Waals surface area contributed by atoms with E-state index in [0.29, 0.717) is 12.1 Å². The van der Waals surface area contributed by atoms with Gasteiger partial charge in [0.25, 0.3) is 0 Å². The van der Waals surface area contributed by atoms with Gasteiger partial charge in [0.15, 0.2) is 5.54 Å². The molecular formula is C15H21NO3. The normalized spacial score (nSPS) is 13.9. The summed E-state index contributed by atoms with van der Waals surface area (Å²) in [5.41, 5.74) is -0.684. The Balaban J connectivity index is 3.56. The lowest BCUT2D eigenvalue weighted by Crippen LogP contribution is -2.57. The van der Waals surface area contributed by atoms with Crippen LogP contribution in [0.4, 0.5) is 0 Å². The summed E-state index contributed by atoms with van der Waals surface area (Å²) in [6.07, 6.45) is 0. The van der Waals surface area contributed by atoms with Gasteiger partial charge in [-0.1, -0.05) is 44.2 Å². The van der Waals surface area contributed by atoms with Crippen LogP contribution in [0.1, 0.15) is 33.3 Å². The van der Waals surface area contributed by atoms with Crippen molar-refractivity contribution in [3.8, 4) is 0 Å². The molecule has 1 amide bonds. The highest BCUT2D eigenvalue weighted by Gasteiger charge is 2.49. The highest BCUT2D eigenvalue weighted by atomic mass is 16.4. The summed E-state index contributed by atoms with van der Waals surface area (Å²) < 4.78 is 0. The Bertz CT molecular complexity index is 456. The molecule has 1 aromatic rings. The van der Waals surface area contributed by atoms with Gasteiger partial charge in [-0.15, -0.1) is 0 Å². The maximum absolute atomic E-state index is 12.0. The molecule has 104 valence electrons. The molecular weight excluding hydrogens is 242 g/mol. The maximum atomic E-state index is 12.0. The van der Waals surface area contributed by atoms with E-state index in [4.69, 9.17) is 0 Å². The van der Waals surface area contributed by atoms with E-state index < -0.39 is 11.5 Å². The van der Waals surface area contributed by atoms with Crippen LogP contribution < -0.4 is 0 Å². The molecule has 19 heavy (non-hydrogen) atoms. The molecule has 1 aromatic carbocycles. The van der Waals surface area contributed by atoms with E-state index >= 15 is 0 Å². The van der Waals surface area contributed by atoms with E-state index in [1.54, 1.807) is 31.2 Å². The zero-order chi connectivity index (χ0) is 14.6. The molecule has 0 saturated carbocycles. The van der Waals surface area contributed by atoms with Gasteiger partial charge in [-0.3, -0.25) is 4.79 Å². The first-order chi connectivity index (χ1) is 8.88. The molecule has 0 saturated heterocycles. The first-order valence-corrected chi connectivity index (χ1v) is 6.46. The Hall–Kier alpha value is -1.84. The Morgan fingerprint density at radius 1 is 1.26 bits per heavy atom. The van der Waals surface area contributed by atoms with E-state index in [9.17, 15) is 14.7 Å². The van der Waals surface area contributed by atoms with Crippen molar-refractivity contribution >= 4 is 11.9 Å². The highest BCUT2D eigenvalue weighted by Crippen LogP contribution is 2.36. The van der Waals surface area contributed by atoms with E-state index in [0.717, 1.165) is 0 Å². The van der Waals surface area contributed by atoms with Gasteiger partial charge in [0.2, 0.25) is 5.91 Å². The quantitative estimate of drug-likeness (QED) is 0.888. The van der Waals surface area contributed by atoms with Gasteiger partial charge < -0.3 is 10.0 Å². The van der Waals surface area contributed by atoms with Crippen molar-refractivity contribution < 1.29 is 14.7 Å². The summed E-state index contributed by atoms with van der Waals surface area (Å²) >= 11 is 0. The molecule has 1 rings (SSSR count). The molecule has 4 heteroatoms. The van der Waals surface area contributed by atoms with Crippen LogP contribution in [0.3, 0.4) is 0 Å². The number of carbonyl (C=O) groups is 2. The smallest absolute Gasteiger partial charge is 0.334 e. The SMILES string of the molecule is CCN(C(C)=O)C(C(=O)O)(c1ccccc1)C(C)C.